The second-order valence-electron chi connectivity index (χ2n) is 7.88. The van der Waals surface area contributed by atoms with Gasteiger partial charge in [0.15, 0.2) is 15.8 Å². The first-order valence-electron chi connectivity index (χ1n) is 11.4. The largest absolute Gasteiger partial charge is 0.493 e. The third-order valence-corrected chi connectivity index (χ3v) is 8.86. The van der Waals surface area contributed by atoms with Crippen LogP contribution < -0.4 is 20.3 Å². The standard InChI is InChI=1S/C25H24N4O5S4/c1-33-17-10-9-15(12-18(17)34-2)13-20-23(32)29(25(35)38-20)11-5-8-21(30)27-28-22(31)14-36-24-26-16-6-3-4-7-19(16)37-24/h3-4,6-7,9-10,12-13H,5,8,11,14H2,1-2H3,(H,27,30)(H,28,31)/b20-13-. The number of fused-ring (bicyclic) bond motifs is 1. The second kappa shape index (κ2) is 13.1. The van der Waals surface area contributed by atoms with Crippen LogP contribution in [0.5, 0.6) is 11.5 Å². The van der Waals surface area contributed by atoms with Gasteiger partial charge in [0.1, 0.15) is 4.32 Å². The van der Waals surface area contributed by atoms with Crippen molar-refractivity contribution in [2.75, 3.05) is 26.5 Å². The van der Waals surface area contributed by atoms with E-state index in [0.29, 0.717) is 33.7 Å². The van der Waals surface area contributed by atoms with Gasteiger partial charge < -0.3 is 9.47 Å². The first kappa shape index (κ1) is 27.9. The number of rotatable bonds is 10. The molecule has 13 heteroatoms. The van der Waals surface area contributed by atoms with Crippen molar-refractivity contribution >= 4 is 85.4 Å². The number of thioether (sulfide) groups is 2. The van der Waals surface area contributed by atoms with Gasteiger partial charge in [0, 0.05) is 13.0 Å². The molecule has 3 amide bonds. The molecule has 0 saturated carbocycles. The Morgan fingerprint density at radius 3 is 2.63 bits per heavy atom. The number of nitrogens with one attached hydrogen (secondary N) is 2. The number of carbonyl (C=O) groups excluding carboxylic acids is 3. The highest BCUT2D eigenvalue weighted by Gasteiger charge is 2.31. The summed E-state index contributed by atoms with van der Waals surface area (Å²) in [5.74, 6) is 0.386. The highest BCUT2D eigenvalue weighted by molar-refractivity contribution is 8.26. The van der Waals surface area contributed by atoms with E-state index in [2.05, 4.69) is 15.8 Å². The molecule has 2 aromatic carbocycles. The summed E-state index contributed by atoms with van der Waals surface area (Å²) in [4.78, 5) is 43.6. The number of para-hydroxylation sites is 1. The molecule has 1 fully saturated rings. The summed E-state index contributed by atoms with van der Waals surface area (Å²) >= 11 is 9.41. The number of carbonyl (C=O) groups is 3. The number of ether oxygens (including phenoxy) is 2. The van der Waals surface area contributed by atoms with Gasteiger partial charge in [-0.1, -0.05) is 53.9 Å². The highest BCUT2D eigenvalue weighted by atomic mass is 32.2. The molecule has 1 aliphatic heterocycles. The van der Waals surface area contributed by atoms with Crippen LogP contribution in [-0.2, 0) is 14.4 Å². The number of hydrazine groups is 1. The maximum atomic E-state index is 12.9. The smallest absolute Gasteiger partial charge is 0.266 e. The van der Waals surface area contributed by atoms with Gasteiger partial charge >= 0.3 is 0 Å². The molecule has 38 heavy (non-hydrogen) atoms. The van der Waals surface area contributed by atoms with E-state index in [1.807, 2.05) is 30.3 Å². The Morgan fingerprint density at radius 1 is 1.11 bits per heavy atom. The van der Waals surface area contributed by atoms with Crippen LogP contribution in [0.3, 0.4) is 0 Å². The minimum atomic E-state index is -0.352. The zero-order valence-corrected chi connectivity index (χ0v) is 23.8. The molecule has 0 bridgehead atoms. The summed E-state index contributed by atoms with van der Waals surface area (Å²) in [5, 5.41) is 0. The Hall–Kier alpha value is -3.13. The lowest BCUT2D eigenvalue weighted by Gasteiger charge is -2.14. The van der Waals surface area contributed by atoms with Crippen LogP contribution in [0.2, 0.25) is 0 Å². The summed E-state index contributed by atoms with van der Waals surface area (Å²) in [6.45, 7) is 0.294. The molecule has 0 aliphatic carbocycles. The fraction of sp³-hybridized carbons (Fsp3) is 0.240. The van der Waals surface area contributed by atoms with E-state index < -0.39 is 0 Å². The van der Waals surface area contributed by atoms with Crippen LogP contribution in [0.25, 0.3) is 16.3 Å². The average Bonchev–Trinajstić information content (AvgIpc) is 3.46. The average molecular weight is 589 g/mol. The SMILES string of the molecule is COc1ccc(/C=C2\SC(=S)N(CCCC(=O)NNC(=O)CSc3nc4ccccc4s3)C2=O)cc1OC. The molecule has 0 unspecified atom stereocenters. The zero-order chi connectivity index (χ0) is 27.1. The van der Waals surface area contributed by atoms with E-state index in [1.54, 1.807) is 32.4 Å². The molecule has 0 atom stereocenters. The number of thiocarbonyl (C=S) groups is 1. The maximum Gasteiger partial charge on any atom is 0.266 e. The van der Waals surface area contributed by atoms with Gasteiger partial charge in [-0.2, -0.15) is 0 Å². The van der Waals surface area contributed by atoms with Crippen molar-refractivity contribution in [1.29, 1.82) is 0 Å². The van der Waals surface area contributed by atoms with Crippen LogP contribution in [0.4, 0.5) is 0 Å². The third-order valence-electron chi connectivity index (χ3n) is 5.31. The summed E-state index contributed by atoms with van der Waals surface area (Å²) in [6.07, 6.45) is 2.26. The van der Waals surface area contributed by atoms with Gasteiger partial charge in [-0.05, 0) is 42.3 Å². The normalized spacial score (nSPS) is 14.3. The van der Waals surface area contributed by atoms with Gasteiger partial charge in [-0.15, -0.1) is 11.3 Å². The molecule has 3 aromatic rings. The molecule has 4 rings (SSSR count). The molecular weight excluding hydrogens is 565 g/mol. The van der Waals surface area contributed by atoms with Crippen molar-refractivity contribution in [1.82, 2.24) is 20.7 Å². The number of aromatic nitrogens is 1. The maximum absolute atomic E-state index is 12.9. The molecular formula is C25H24N4O5S4. The first-order valence-corrected chi connectivity index (χ1v) is 14.4. The molecule has 1 aromatic heterocycles. The number of methoxy groups -OCH3 is 2. The van der Waals surface area contributed by atoms with Gasteiger partial charge in [0.05, 0.1) is 35.1 Å². The summed E-state index contributed by atoms with van der Waals surface area (Å²) in [5.41, 5.74) is 6.50. The van der Waals surface area contributed by atoms with Crippen LogP contribution >= 0.6 is 47.1 Å². The minimum absolute atomic E-state index is 0.122. The molecule has 1 saturated heterocycles. The van der Waals surface area contributed by atoms with Gasteiger partial charge in [0.2, 0.25) is 11.8 Å². The van der Waals surface area contributed by atoms with Crippen LogP contribution in [0.1, 0.15) is 18.4 Å². The van der Waals surface area contributed by atoms with E-state index in [1.165, 1.54) is 39.8 Å². The summed E-state index contributed by atoms with van der Waals surface area (Å²) in [6, 6.07) is 13.1. The van der Waals surface area contributed by atoms with Gasteiger partial charge in [-0.3, -0.25) is 30.1 Å². The number of thiazole rings is 1. The predicted octanol–water partition coefficient (Wildman–Crippen LogP) is 4.23. The van der Waals surface area contributed by atoms with E-state index >= 15 is 0 Å². The molecule has 198 valence electrons. The van der Waals surface area contributed by atoms with Gasteiger partial charge in [0.25, 0.3) is 5.91 Å². The lowest BCUT2D eigenvalue weighted by molar-refractivity contribution is -0.128. The lowest BCUT2D eigenvalue weighted by atomic mass is 10.2. The summed E-state index contributed by atoms with van der Waals surface area (Å²) < 4.78 is 12.8. The van der Waals surface area contributed by atoms with Crippen molar-refractivity contribution in [2.24, 2.45) is 0 Å². The fourth-order valence-corrected chi connectivity index (χ4v) is 6.64. The molecule has 0 radical (unpaired) electrons. The zero-order valence-electron chi connectivity index (χ0n) is 20.5. The number of benzene rings is 2. The quantitative estimate of drug-likeness (QED) is 0.156. The Labute approximate surface area is 237 Å². The highest BCUT2D eigenvalue weighted by Crippen LogP contribution is 2.35. The van der Waals surface area contributed by atoms with E-state index in [0.717, 1.165) is 20.1 Å². The first-order chi connectivity index (χ1) is 18.4. The second-order valence-corrected chi connectivity index (χ2v) is 11.8. The van der Waals surface area contributed by atoms with E-state index in [4.69, 9.17) is 21.7 Å². The molecule has 0 spiro atoms. The number of hydrogen-bond donors (Lipinski definition) is 2. The van der Waals surface area contributed by atoms with E-state index in [9.17, 15) is 14.4 Å². The number of nitrogens with zero attached hydrogens (tertiary/aromatic N) is 2. The Bertz CT molecular complexity index is 1370. The number of amides is 3. The van der Waals surface area contributed by atoms with Crippen molar-refractivity contribution in [3.05, 3.63) is 52.9 Å². The van der Waals surface area contributed by atoms with Crippen LogP contribution in [-0.4, -0.2) is 58.4 Å². The van der Waals surface area contributed by atoms with Crippen molar-refractivity contribution < 1.29 is 23.9 Å². The minimum Gasteiger partial charge on any atom is -0.493 e. The molecule has 9 nitrogen and oxygen atoms in total. The van der Waals surface area contributed by atoms with Crippen molar-refractivity contribution in [2.45, 2.75) is 17.2 Å². The summed E-state index contributed by atoms with van der Waals surface area (Å²) in [7, 11) is 3.10. The molecule has 2 N–H and O–H groups in total. The van der Waals surface area contributed by atoms with Crippen molar-refractivity contribution in [3.8, 4) is 11.5 Å². The van der Waals surface area contributed by atoms with Crippen molar-refractivity contribution in [3.63, 3.8) is 0 Å². The van der Waals surface area contributed by atoms with Gasteiger partial charge in [-0.25, -0.2) is 4.98 Å². The lowest BCUT2D eigenvalue weighted by Crippen LogP contribution is -2.42. The Kier molecular flexibility index (Phi) is 9.61. The predicted molar refractivity (Wildman–Crippen MR) is 155 cm³/mol. The van der Waals surface area contributed by atoms with E-state index in [-0.39, 0.29) is 29.9 Å². The molecule has 1 aliphatic rings. The topological polar surface area (TPSA) is 110 Å². The Morgan fingerprint density at radius 2 is 1.87 bits per heavy atom. The van der Waals surface area contributed by atoms with Crippen LogP contribution in [0.15, 0.2) is 51.7 Å². The fourth-order valence-electron chi connectivity index (χ4n) is 3.46. The Balaban J connectivity index is 1.19. The number of hydrogen-bond acceptors (Lipinski definition) is 10. The monoisotopic (exact) mass is 588 g/mol. The molecule has 2 heterocycles. The van der Waals surface area contributed by atoms with Crippen LogP contribution in [0, 0.1) is 0 Å². The third kappa shape index (κ3) is 7.04.